The summed E-state index contributed by atoms with van der Waals surface area (Å²) in [6, 6.07) is 16.8. The quantitative estimate of drug-likeness (QED) is 0.645. The maximum Gasteiger partial charge on any atom is 0.231 e. The van der Waals surface area contributed by atoms with Crippen molar-refractivity contribution >= 4 is 11.6 Å². The van der Waals surface area contributed by atoms with Gasteiger partial charge in [0.05, 0.1) is 17.7 Å². The number of carbonyl (C=O) groups excluding carboxylic acids is 1. The van der Waals surface area contributed by atoms with Crippen molar-refractivity contribution in [1.82, 2.24) is 14.3 Å². The molecule has 1 saturated carbocycles. The van der Waals surface area contributed by atoms with Crippen molar-refractivity contribution in [3.8, 4) is 0 Å². The van der Waals surface area contributed by atoms with Crippen LogP contribution in [-0.2, 0) is 14.9 Å². The van der Waals surface area contributed by atoms with Crippen LogP contribution in [0, 0.1) is 5.41 Å². The van der Waals surface area contributed by atoms with E-state index in [2.05, 4.69) is 45.8 Å². The van der Waals surface area contributed by atoms with Crippen LogP contribution in [0.1, 0.15) is 43.4 Å². The second-order valence-corrected chi connectivity index (χ2v) is 8.90. The third-order valence-electron chi connectivity index (χ3n) is 7.27. The molecule has 5 heteroatoms. The molecule has 0 radical (unpaired) electrons. The molecule has 3 heterocycles. The zero-order valence-corrected chi connectivity index (χ0v) is 17.6. The first-order valence-corrected chi connectivity index (χ1v) is 11.0. The SMILES string of the molecule is COCC1(C(=O)N2CCC(c3ccccc3)(c3cn4ccccc4n3)CC2)CCC1. The molecular formula is C25H29N3O2. The average Bonchev–Trinajstić information content (AvgIpc) is 3.21. The Morgan fingerprint density at radius 2 is 1.77 bits per heavy atom. The normalized spacial score (nSPS) is 20.1. The van der Waals surface area contributed by atoms with E-state index in [1.165, 1.54) is 5.56 Å². The van der Waals surface area contributed by atoms with Crippen LogP contribution < -0.4 is 0 Å². The van der Waals surface area contributed by atoms with Gasteiger partial charge in [0, 0.05) is 38.0 Å². The van der Waals surface area contributed by atoms with Crippen LogP contribution in [0.25, 0.3) is 5.65 Å². The van der Waals surface area contributed by atoms with Crippen LogP contribution in [0.3, 0.4) is 0 Å². The van der Waals surface area contributed by atoms with E-state index in [0.29, 0.717) is 6.61 Å². The lowest BCUT2D eigenvalue weighted by molar-refractivity contribution is -0.153. The number of aromatic nitrogens is 2. The molecule has 0 atom stereocenters. The molecule has 2 aliphatic rings. The van der Waals surface area contributed by atoms with Gasteiger partial charge in [-0.1, -0.05) is 42.8 Å². The van der Waals surface area contributed by atoms with Crippen LogP contribution in [0.15, 0.2) is 60.9 Å². The highest BCUT2D eigenvalue weighted by molar-refractivity contribution is 5.84. The second kappa shape index (κ2) is 7.55. The minimum absolute atomic E-state index is 0.169. The molecule has 3 aromatic rings. The first-order chi connectivity index (χ1) is 14.7. The van der Waals surface area contributed by atoms with Crippen molar-refractivity contribution in [3.63, 3.8) is 0 Å². The van der Waals surface area contributed by atoms with Gasteiger partial charge in [-0.15, -0.1) is 0 Å². The first kappa shape index (κ1) is 19.3. The summed E-state index contributed by atoms with van der Waals surface area (Å²) in [5, 5.41) is 0. The molecule has 1 saturated heterocycles. The molecule has 0 bridgehead atoms. The third-order valence-corrected chi connectivity index (χ3v) is 7.27. The fourth-order valence-electron chi connectivity index (χ4n) is 5.34. The minimum Gasteiger partial charge on any atom is -0.384 e. The average molecular weight is 404 g/mol. The number of rotatable bonds is 5. The van der Waals surface area contributed by atoms with Gasteiger partial charge in [-0.05, 0) is 43.4 Å². The molecule has 0 unspecified atom stereocenters. The van der Waals surface area contributed by atoms with Crippen LogP contribution in [-0.4, -0.2) is 47.0 Å². The van der Waals surface area contributed by atoms with Crippen LogP contribution in [0.2, 0.25) is 0 Å². The van der Waals surface area contributed by atoms with E-state index in [9.17, 15) is 4.79 Å². The number of benzene rings is 1. The zero-order valence-electron chi connectivity index (χ0n) is 17.6. The molecular weight excluding hydrogens is 374 g/mol. The molecule has 2 fully saturated rings. The van der Waals surface area contributed by atoms with Crippen molar-refractivity contribution in [2.24, 2.45) is 5.41 Å². The fourth-order valence-corrected chi connectivity index (χ4v) is 5.34. The number of hydrogen-bond acceptors (Lipinski definition) is 3. The first-order valence-electron chi connectivity index (χ1n) is 11.0. The molecule has 1 aromatic carbocycles. The lowest BCUT2D eigenvalue weighted by atomic mass is 9.66. The number of imidazole rings is 1. The summed E-state index contributed by atoms with van der Waals surface area (Å²) < 4.78 is 7.51. The number of amides is 1. The van der Waals surface area contributed by atoms with E-state index < -0.39 is 0 Å². The Bertz CT molecular complexity index is 998. The summed E-state index contributed by atoms with van der Waals surface area (Å²) >= 11 is 0. The van der Waals surface area contributed by atoms with Gasteiger partial charge in [0.25, 0.3) is 0 Å². The van der Waals surface area contributed by atoms with Gasteiger partial charge in [-0.25, -0.2) is 4.98 Å². The molecule has 0 N–H and O–H groups in total. The molecule has 156 valence electrons. The topological polar surface area (TPSA) is 46.8 Å². The van der Waals surface area contributed by atoms with Gasteiger partial charge in [-0.2, -0.15) is 0 Å². The highest BCUT2D eigenvalue weighted by Crippen LogP contribution is 2.46. The maximum absolute atomic E-state index is 13.3. The second-order valence-electron chi connectivity index (χ2n) is 8.90. The predicted octanol–water partition coefficient (Wildman–Crippen LogP) is 4.06. The largest absolute Gasteiger partial charge is 0.384 e. The smallest absolute Gasteiger partial charge is 0.231 e. The Morgan fingerprint density at radius 3 is 2.40 bits per heavy atom. The number of pyridine rings is 1. The fraction of sp³-hybridized carbons (Fsp3) is 0.440. The van der Waals surface area contributed by atoms with Gasteiger partial charge < -0.3 is 14.0 Å². The summed E-state index contributed by atoms with van der Waals surface area (Å²) in [7, 11) is 1.70. The standard InChI is InChI=1S/C25H29N3O2/c1-30-19-24(11-7-12-24)23(29)27-16-13-25(14-17-27,20-8-3-2-4-9-20)21-18-28-15-6-5-10-22(28)26-21/h2-6,8-10,15,18H,7,11-14,16-17,19H2,1H3. The number of ether oxygens (including phenoxy) is 1. The Morgan fingerprint density at radius 1 is 1.03 bits per heavy atom. The van der Waals surface area contributed by atoms with Crippen molar-refractivity contribution in [2.45, 2.75) is 37.5 Å². The van der Waals surface area contributed by atoms with E-state index >= 15 is 0 Å². The highest BCUT2D eigenvalue weighted by atomic mass is 16.5. The minimum atomic E-state index is -0.287. The summed E-state index contributed by atoms with van der Waals surface area (Å²) in [5.41, 5.74) is 2.90. The lowest BCUT2D eigenvalue weighted by Gasteiger charge is -2.47. The number of methoxy groups -OCH3 is 1. The van der Waals surface area contributed by atoms with E-state index in [4.69, 9.17) is 9.72 Å². The zero-order chi connectivity index (χ0) is 20.6. The molecule has 5 rings (SSSR count). The Balaban J connectivity index is 1.46. The van der Waals surface area contributed by atoms with Crippen LogP contribution in [0.5, 0.6) is 0 Å². The molecule has 1 aliphatic carbocycles. The monoisotopic (exact) mass is 403 g/mol. The highest BCUT2D eigenvalue weighted by Gasteiger charge is 2.49. The van der Waals surface area contributed by atoms with Crippen LogP contribution in [0.4, 0.5) is 0 Å². The van der Waals surface area contributed by atoms with Crippen molar-refractivity contribution < 1.29 is 9.53 Å². The molecule has 5 nitrogen and oxygen atoms in total. The van der Waals surface area contributed by atoms with E-state index in [0.717, 1.165) is 56.5 Å². The van der Waals surface area contributed by atoms with Crippen LogP contribution >= 0.6 is 0 Å². The van der Waals surface area contributed by atoms with E-state index in [-0.39, 0.29) is 16.7 Å². The number of fused-ring (bicyclic) bond motifs is 1. The molecule has 2 aromatic heterocycles. The summed E-state index contributed by atoms with van der Waals surface area (Å²) in [4.78, 5) is 20.4. The van der Waals surface area contributed by atoms with Gasteiger partial charge in [0.1, 0.15) is 5.65 Å². The lowest BCUT2D eigenvalue weighted by Crippen LogP contribution is -2.54. The molecule has 0 spiro atoms. The van der Waals surface area contributed by atoms with Gasteiger partial charge >= 0.3 is 0 Å². The summed E-state index contributed by atoms with van der Waals surface area (Å²) in [6.45, 7) is 2.05. The number of carbonyl (C=O) groups is 1. The van der Waals surface area contributed by atoms with Gasteiger partial charge in [-0.3, -0.25) is 4.79 Å². The molecule has 1 aliphatic heterocycles. The van der Waals surface area contributed by atoms with Gasteiger partial charge in [0.2, 0.25) is 5.91 Å². The maximum atomic E-state index is 13.3. The Labute approximate surface area is 177 Å². The van der Waals surface area contributed by atoms with Crippen molar-refractivity contribution in [3.05, 3.63) is 72.2 Å². The Hall–Kier alpha value is -2.66. The van der Waals surface area contributed by atoms with Crippen molar-refractivity contribution in [1.29, 1.82) is 0 Å². The number of piperidine rings is 1. The third kappa shape index (κ3) is 3.03. The van der Waals surface area contributed by atoms with E-state index in [1.807, 2.05) is 24.4 Å². The molecule has 1 amide bonds. The predicted molar refractivity (Wildman–Crippen MR) is 116 cm³/mol. The summed E-state index contributed by atoms with van der Waals surface area (Å²) in [5.74, 6) is 0.285. The molecule has 30 heavy (non-hydrogen) atoms. The Kier molecular flexibility index (Phi) is 4.86. The number of hydrogen-bond donors (Lipinski definition) is 0. The summed E-state index contributed by atoms with van der Waals surface area (Å²) in [6.07, 6.45) is 9.01. The number of likely N-dealkylation sites (tertiary alicyclic amines) is 1. The van der Waals surface area contributed by atoms with Gasteiger partial charge in [0.15, 0.2) is 0 Å². The van der Waals surface area contributed by atoms with Crippen molar-refractivity contribution in [2.75, 3.05) is 26.8 Å². The number of nitrogens with zero attached hydrogens (tertiary/aromatic N) is 3. The van der Waals surface area contributed by atoms with E-state index in [1.54, 1.807) is 7.11 Å².